The highest BCUT2D eigenvalue weighted by molar-refractivity contribution is 8.18. The summed E-state index contributed by atoms with van der Waals surface area (Å²) in [6.07, 6.45) is 5.55. The van der Waals surface area contributed by atoms with Crippen LogP contribution in [0.4, 0.5) is 0 Å². The van der Waals surface area contributed by atoms with E-state index in [1.807, 2.05) is 0 Å². The number of hydrogen-bond donors (Lipinski definition) is 1. The molecule has 1 atom stereocenters. The van der Waals surface area contributed by atoms with Gasteiger partial charge >= 0.3 is 5.97 Å². The highest BCUT2D eigenvalue weighted by Crippen LogP contribution is 2.48. The second-order valence-electron chi connectivity index (χ2n) is 5.03. The van der Waals surface area contributed by atoms with Crippen LogP contribution < -0.4 is 0 Å². The van der Waals surface area contributed by atoms with Crippen molar-refractivity contribution in [3.8, 4) is 0 Å². The molecule has 3 heteroatoms. The monoisotopic (exact) mass is 261 g/mol. The topological polar surface area (TPSA) is 26.3 Å². The molecule has 0 bridgehead atoms. The molecule has 0 aromatic carbocycles. The minimum absolute atomic E-state index is 0.211. The van der Waals surface area contributed by atoms with Crippen LogP contribution in [0.3, 0.4) is 0 Å². The van der Waals surface area contributed by atoms with Crippen LogP contribution in [0.2, 0.25) is 0 Å². The molecule has 103 valence electrons. The molecule has 0 aromatic rings. The van der Waals surface area contributed by atoms with E-state index in [-0.39, 0.29) is 5.97 Å². The first-order valence-electron chi connectivity index (χ1n) is 6.61. The predicted molar refractivity (Wildman–Crippen MR) is 78.9 cm³/mol. The molecule has 1 aliphatic heterocycles. The summed E-state index contributed by atoms with van der Waals surface area (Å²) >= 11 is 0. The molecule has 0 saturated carbocycles. The largest absolute Gasteiger partial charge is 0.466 e. The Bertz CT molecular complexity index is 212. The Morgan fingerprint density at radius 3 is 2.41 bits per heavy atom. The number of carbonyl (C=O) groups is 1. The second kappa shape index (κ2) is 8.84. The molecule has 1 unspecified atom stereocenters. The third kappa shape index (κ3) is 7.69. The maximum absolute atomic E-state index is 9.82. The first kappa shape index (κ1) is 16.8. The highest BCUT2D eigenvalue weighted by atomic mass is 32.2. The average Bonchev–Trinajstić information content (AvgIpc) is 2.22. The van der Waals surface area contributed by atoms with E-state index in [9.17, 15) is 4.79 Å². The Morgan fingerprint density at radius 2 is 2.06 bits per heavy atom. The van der Waals surface area contributed by atoms with Crippen LogP contribution in [0.1, 0.15) is 53.4 Å². The third-order valence-electron chi connectivity index (χ3n) is 3.10. The molecule has 0 aromatic heterocycles. The van der Waals surface area contributed by atoms with Gasteiger partial charge in [0.2, 0.25) is 0 Å². The van der Waals surface area contributed by atoms with E-state index in [4.69, 9.17) is 0 Å². The van der Waals surface area contributed by atoms with Crippen LogP contribution in [0.5, 0.6) is 0 Å². The van der Waals surface area contributed by atoms with Gasteiger partial charge in [0.1, 0.15) is 0 Å². The van der Waals surface area contributed by atoms with Crippen LogP contribution >= 0.6 is 10.9 Å². The van der Waals surface area contributed by atoms with Crippen LogP contribution in [-0.4, -0.2) is 28.8 Å². The summed E-state index contributed by atoms with van der Waals surface area (Å²) in [7, 11) is 0.322. The van der Waals surface area contributed by atoms with E-state index >= 15 is 0 Å². The number of rotatable bonds is 3. The Morgan fingerprint density at radius 1 is 1.41 bits per heavy atom. The van der Waals surface area contributed by atoms with Gasteiger partial charge < -0.3 is 4.74 Å². The van der Waals surface area contributed by atoms with Gasteiger partial charge in [0.05, 0.1) is 6.61 Å². The van der Waals surface area contributed by atoms with Gasteiger partial charge in [0.25, 0.3) is 0 Å². The standard InChI is InChI=1S/C10H21S.C4H8O2/c1-4-8-11-9-6-5-7-10(11,2)3;1-3-6-4(2)5/h11H,1,4-9H2,2-3H3;3H2,1-2H3. The van der Waals surface area contributed by atoms with Crippen LogP contribution in [0, 0.1) is 6.92 Å². The van der Waals surface area contributed by atoms with Gasteiger partial charge in [-0.15, -0.1) is 0 Å². The van der Waals surface area contributed by atoms with E-state index in [2.05, 4.69) is 25.5 Å². The van der Waals surface area contributed by atoms with E-state index in [0.29, 0.717) is 22.2 Å². The van der Waals surface area contributed by atoms with E-state index in [0.717, 1.165) is 6.42 Å². The summed E-state index contributed by atoms with van der Waals surface area (Å²) in [6.45, 7) is 12.5. The Hall–Kier alpha value is -0.180. The van der Waals surface area contributed by atoms with Gasteiger partial charge in [0.15, 0.2) is 0 Å². The molecule has 1 heterocycles. The Kier molecular flexibility index (Phi) is 8.75. The molecular weight excluding hydrogens is 232 g/mol. The molecule has 1 saturated heterocycles. The third-order valence-corrected chi connectivity index (χ3v) is 6.75. The molecule has 1 radical (unpaired) electrons. The fourth-order valence-corrected chi connectivity index (χ4v) is 5.03. The number of thiol groups is 1. The minimum Gasteiger partial charge on any atom is -0.466 e. The molecule has 0 aliphatic carbocycles. The van der Waals surface area contributed by atoms with Crippen molar-refractivity contribution in [2.24, 2.45) is 0 Å². The van der Waals surface area contributed by atoms with Crippen molar-refractivity contribution in [1.82, 2.24) is 0 Å². The predicted octanol–water partition coefficient (Wildman–Crippen LogP) is 3.74. The van der Waals surface area contributed by atoms with Crippen molar-refractivity contribution in [3.05, 3.63) is 6.92 Å². The lowest BCUT2D eigenvalue weighted by Gasteiger charge is -2.42. The molecular formula is C14H29O2S. The molecule has 0 amide bonds. The van der Waals surface area contributed by atoms with Crippen LogP contribution in [0.25, 0.3) is 0 Å². The SMILES string of the molecule is CCOC(C)=O.[CH2]CC[SH]1CCCCC1(C)C. The Labute approximate surface area is 110 Å². The van der Waals surface area contributed by atoms with Crippen molar-refractivity contribution < 1.29 is 9.53 Å². The Balaban J connectivity index is 0.000000366. The van der Waals surface area contributed by atoms with Crippen molar-refractivity contribution in [3.63, 3.8) is 0 Å². The first-order valence-corrected chi connectivity index (χ1v) is 8.33. The average molecular weight is 261 g/mol. The molecule has 1 aliphatic rings. The zero-order chi connectivity index (χ0) is 13.3. The van der Waals surface area contributed by atoms with E-state index in [1.165, 1.54) is 37.7 Å². The van der Waals surface area contributed by atoms with Crippen molar-refractivity contribution in [2.75, 3.05) is 18.1 Å². The number of ether oxygens (including phenoxy) is 1. The maximum Gasteiger partial charge on any atom is 0.302 e. The first-order chi connectivity index (χ1) is 7.94. The summed E-state index contributed by atoms with van der Waals surface area (Å²) in [4.78, 5) is 9.82. The summed E-state index contributed by atoms with van der Waals surface area (Å²) in [5.41, 5.74) is 0. The van der Waals surface area contributed by atoms with Gasteiger partial charge in [-0.25, -0.2) is 10.9 Å². The number of hydrogen-bond acceptors (Lipinski definition) is 2. The lowest BCUT2D eigenvalue weighted by Crippen LogP contribution is -2.27. The number of carbonyl (C=O) groups excluding carboxylic acids is 1. The van der Waals surface area contributed by atoms with E-state index in [1.54, 1.807) is 6.92 Å². The zero-order valence-electron chi connectivity index (χ0n) is 11.9. The quantitative estimate of drug-likeness (QED) is 0.618. The minimum atomic E-state index is -0.211. The second-order valence-corrected chi connectivity index (χ2v) is 8.22. The van der Waals surface area contributed by atoms with Gasteiger partial charge in [-0.2, -0.15) is 0 Å². The lowest BCUT2D eigenvalue weighted by atomic mass is 10.1. The van der Waals surface area contributed by atoms with Crippen molar-refractivity contribution in [1.29, 1.82) is 0 Å². The normalized spacial score (nSPS) is 24.4. The van der Waals surface area contributed by atoms with Crippen molar-refractivity contribution in [2.45, 2.75) is 58.1 Å². The lowest BCUT2D eigenvalue weighted by molar-refractivity contribution is -0.140. The summed E-state index contributed by atoms with van der Waals surface area (Å²) in [6, 6.07) is 0. The van der Waals surface area contributed by atoms with Gasteiger partial charge in [-0.1, -0.05) is 27.2 Å². The van der Waals surface area contributed by atoms with Gasteiger partial charge in [-0.05, 0) is 42.4 Å². The highest BCUT2D eigenvalue weighted by Gasteiger charge is 2.27. The number of esters is 1. The van der Waals surface area contributed by atoms with Crippen LogP contribution in [0.15, 0.2) is 0 Å². The molecule has 0 N–H and O–H groups in total. The van der Waals surface area contributed by atoms with E-state index < -0.39 is 0 Å². The fraction of sp³-hybridized carbons (Fsp3) is 0.857. The summed E-state index contributed by atoms with van der Waals surface area (Å²) in [5.74, 6) is 2.71. The summed E-state index contributed by atoms with van der Waals surface area (Å²) in [5, 5.41) is 0. The smallest absolute Gasteiger partial charge is 0.302 e. The molecule has 2 nitrogen and oxygen atoms in total. The molecule has 1 rings (SSSR count). The molecule has 17 heavy (non-hydrogen) atoms. The maximum atomic E-state index is 9.82. The molecule has 0 spiro atoms. The van der Waals surface area contributed by atoms with Crippen molar-refractivity contribution >= 4 is 16.9 Å². The fourth-order valence-electron chi connectivity index (χ4n) is 2.13. The van der Waals surface area contributed by atoms with Crippen LogP contribution in [-0.2, 0) is 9.53 Å². The van der Waals surface area contributed by atoms with Gasteiger partial charge in [0, 0.05) is 6.92 Å². The summed E-state index contributed by atoms with van der Waals surface area (Å²) < 4.78 is 5.07. The zero-order valence-corrected chi connectivity index (χ0v) is 12.8. The molecule has 1 fully saturated rings. The van der Waals surface area contributed by atoms with Gasteiger partial charge in [-0.3, -0.25) is 4.79 Å².